The maximum absolute atomic E-state index is 13.5. The van der Waals surface area contributed by atoms with Gasteiger partial charge >= 0.3 is 0 Å². The number of halogens is 2. The molecule has 0 amide bonds. The molecular formula is C19H24F2N4OS. The van der Waals surface area contributed by atoms with Crippen molar-refractivity contribution in [1.82, 2.24) is 14.9 Å². The van der Waals surface area contributed by atoms with Gasteiger partial charge in [-0.25, -0.2) is 13.8 Å². The molecule has 1 aromatic heterocycles. The zero-order valence-corrected chi connectivity index (χ0v) is 16.1. The van der Waals surface area contributed by atoms with E-state index in [1.54, 1.807) is 23.9 Å². The predicted molar refractivity (Wildman–Crippen MR) is 105 cm³/mol. The molecule has 27 heavy (non-hydrogen) atoms. The lowest BCUT2D eigenvalue weighted by atomic mass is 10.1. The Morgan fingerprint density at radius 2 is 2.00 bits per heavy atom. The maximum Gasteiger partial charge on any atom is 0.270 e. The summed E-state index contributed by atoms with van der Waals surface area (Å²) in [6.45, 7) is 5.40. The van der Waals surface area contributed by atoms with Crippen LogP contribution in [0.15, 0.2) is 46.5 Å². The molecule has 0 saturated carbocycles. The van der Waals surface area contributed by atoms with Crippen LogP contribution in [0.25, 0.3) is 0 Å². The SMILES string of the molecule is CC(F)(F)c1cccc(N2CCN(CCCSc3nccc(=O)[nH]3)CC2)c1. The standard InChI is InChI=1S/C19H24F2N4OS/c1-19(20,21)15-4-2-5-16(14-15)25-11-9-24(10-12-25)8-3-13-27-18-22-7-6-17(26)23-18/h2,4-7,14H,3,8-13H2,1H3,(H,22,23,26). The zero-order chi connectivity index (χ0) is 19.3. The van der Waals surface area contributed by atoms with Gasteiger partial charge in [-0.1, -0.05) is 23.9 Å². The van der Waals surface area contributed by atoms with Crippen LogP contribution in [-0.4, -0.2) is 53.3 Å². The van der Waals surface area contributed by atoms with Gasteiger partial charge in [0.05, 0.1) is 0 Å². The van der Waals surface area contributed by atoms with Crippen LogP contribution < -0.4 is 10.5 Å². The molecule has 1 N–H and O–H groups in total. The van der Waals surface area contributed by atoms with E-state index >= 15 is 0 Å². The molecule has 0 atom stereocenters. The van der Waals surface area contributed by atoms with E-state index in [1.165, 1.54) is 18.3 Å². The molecule has 3 rings (SSSR count). The molecule has 1 saturated heterocycles. The van der Waals surface area contributed by atoms with Gasteiger partial charge in [-0.3, -0.25) is 9.69 Å². The van der Waals surface area contributed by atoms with E-state index in [4.69, 9.17) is 0 Å². The van der Waals surface area contributed by atoms with Crippen molar-refractivity contribution in [2.45, 2.75) is 24.4 Å². The fraction of sp³-hybridized carbons (Fsp3) is 0.474. The summed E-state index contributed by atoms with van der Waals surface area (Å²) >= 11 is 1.55. The van der Waals surface area contributed by atoms with Crippen molar-refractivity contribution in [2.75, 3.05) is 43.4 Å². The number of aromatic amines is 1. The molecule has 0 radical (unpaired) electrons. The van der Waals surface area contributed by atoms with Crippen LogP contribution >= 0.6 is 11.8 Å². The first-order valence-corrected chi connectivity index (χ1v) is 10.0. The number of hydrogen-bond acceptors (Lipinski definition) is 5. The lowest BCUT2D eigenvalue weighted by molar-refractivity contribution is 0.0175. The molecular weight excluding hydrogens is 370 g/mol. The summed E-state index contributed by atoms with van der Waals surface area (Å²) in [5.41, 5.74) is 0.795. The molecule has 146 valence electrons. The second kappa shape index (κ2) is 8.84. The summed E-state index contributed by atoms with van der Waals surface area (Å²) in [5, 5.41) is 0.653. The quantitative estimate of drug-likeness (QED) is 0.444. The molecule has 8 heteroatoms. The maximum atomic E-state index is 13.5. The van der Waals surface area contributed by atoms with Gasteiger partial charge in [-0.05, 0) is 25.1 Å². The van der Waals surface area contributed by atoms with Gasteiger partial charge in [0.25, 0.3) is 11.5 Å². The molecule has 0 bridgehead atoms. The summed E-state index contributed by atoms with van der Waals surface area (Å²) in [6, 6.07) is 8.08. The summed E-state index contributed by atoms with van der Waals surface area (Å²) in [6.07, 6.45) is 2.52. The van der Waals surface area contributed by atoms with Crippen LogP contribution in [0.3, 0.4) is 0 Å². The lowest BCUT2D eigenvalue weighted by Crippen LogP contribution is -2.46. The molecule has 5 nitrogen and oxygen atoms in total. The second-order valence-electron chi connectivity index (χ2n) is 6.71. The Hall–Kier alpha value is -1.93. The Bertz CT molecular complexity index is 801. The number of nitrogens with zero attached hydrogens (tertiary/aromatic N) is 3. The van der Waals surface area contributed by atoms with Gasteiger partial charge in [0.15, 0.2) is 5.16 Å². The third-order valence-corrected chi connectivity index (χ3v) is 5.57. The van der Waals surface area contributed by atoms with E-state index < -0.39 is 5.92 Å². The van der Waals surface area contributed by atoms with Crippen molar-refractivity contribution in [3.8, 4) is 0 Å². The van der Waals surface area contributed by atoms with E-state index in [0.717, 1.165) is 57.5 Å². The average Bonchev–Trinajstić information content (AvgIpc) is 2.65. The van der Waals surface area contributed by atoms with Gasteiger partial charge < -0.3 is 9.88 Å². The van der Waals surface area contributed by atoms with Crippen LogP contribution in [0.1, 0.15) is 18.9 Å². The number of nitrogens with one attached hydrogen (secondary N) is 1. The summed E-state index contributed by atoms with van der Waals surface area (Å²) in [5.74, 6) is -1.92. The number of hydrogen-bond donors (Lipinski definition) is 1. The lowest BCUT2D eigenvalue weighted by Gasteiger charge is -2.36. The highest BCUT2D eigenvalue weighted by atomic mass is 32.2. The minimum absolute atomic E-state index is 0.0621. The van der Waals surface area contributed by atoms with Gasteiger partial charge in [-0.15, -0.1) is 0 Å². The van der Waals surface area contributed by atoms with E-state index in [9.17, 15) is 13.6 Å². The van der Waals surface area contributed by atoms with Gasteiger partial charge in [0.2, 0.25) is 0 Å². The van der Waals surface area contributed by atoms with E-state index in [1.807, 2.05) is 6.07 Å². The number of rotatable bonds is 7. The number of piperazine rings is 1. The molecule has 2 aromatic rings. The molecule has 1 fully saturated rings. The number of aromatic nitrogens is 2. The Labute approximate surface area is 161 Å². The van der Waals surface area contributed by atoms with Crippen molar-refractivity contribution < 1.29 is 8.78 Å². The topological polar surface area (TPSA) is 52.2 Å². The largest absolute Gasteiger partial charge is 0.369 e. The van der Waals surface area contributed by atoms with E-state index in [2.05, 4.69) is 19.8 Å². The Balaban J connectivity index is 1.42. The van der Waals surface area contributed by atoms with Crippen molar-refractivity contribution >= 4 is 17.4 Å². The highest BCUT2D eigenvalue weighted by Crippen LogP contribution is 2.30. The molecule has 0 spiro atoms. The number of alkyl halides is 2. The van der Waals surface area contributed by atoms with Crippen molar-refractivity contribution in [3.05, 3.63) is 52.4 Å². The number of benzene rings is 1. The van der Waals surface area contributed by atoms with Crippen LogP contribution in [0.2, 0.25) is 0 Å². The van der Waals surface area contributed by atoms with Gasteiger partial charge in [-0.2, -0.15) is 0 Å². The van der Waals surface area contributed by atoms with Gasteiger partial charge in [0.1, 0.15) is 0 Å². The predicted octanol–water partition coefficient (Wildman–Crippen LogP) is 3.19. The Kier molecular flexibility index (Phi) is 6.49. The summed E-state index contributed by atoms with van der Waals surface area (Å²) in [7, 11) is 0. The zero-order valence-electron chi connectivity index (χ0n) is 15.3. The molecule has 2 heterocycles. The van der Waals surface area contributed by atoms with Crippen LogP contribution in [0, 0.1) is 0 Å². The van der Waals surface area contributed by atoms with Crippen molar-refractivity contribution in [3.63, 3.8) is 0 Å². The van der Waals surface area contributed by atoms with Crippen molar-refractivity contribution in [2.24, 2.45) is 0 Å². The third-order valence-electron chi connectivity index (χ3n) is 4.60. The third kappa shape index (κ3) is 5.77. The summed E-state index contributed by atoms with van der Waals surface area (Å²) in [4.78, 5) is 22.6. The fourth-order valence-electron chi connectivity index (χ4n) is 3.09. The number of thioether (sulfide) groups is 1. The Morgan fingerprint density at radius 3 is 2.70 bits per heavy atom. The van der Waals surface area contributed by atoms with Crippen LogP contribution in [-0.2, 0) is 5.92 Å². The first kappa shape index (κ1) is 19.8. The molecule has 1 aromatic carbocycles. The molecule has 1 aliphatic rings. The average molecular weight is 394 g/mol. The highest BCUT2D eigenvalue weighted by Gasteiger charge is 2.25. The monoisotopic (exact) mass is 394 g/mol. The molecule has 0 unspecified atom stereocenters. The fourth-order valence-corrected chi connectivity index (χ4v) is 3.86. The molecule has 0 aliphatic carbocycles. The van der Waals surface area contributed by atoms with Crippen molar-refractivity contribution in [1.29, 1.82) is 0 Å². The second-order valence-corrected chi connectivity index (χ2v) is 7.79. The Morgan fingerprint density at radius 1 is 1.22 bits per heavy atom. The van der Waals surface area contributed by atoms with Crippen LogP contribution in [0.5, 0.6) is 0 Å². The highest BCUT2D eigenvalue weighted by molar-refractivity contribution is 7.99. The van der Waals surface area contributed by atoms with Gasteiger partial charge in [0, 0.05) is 62.4 Å². The number of anilines is 1. The number of H-pyrrole nitrogens is 1. The minimum atomic E-state index is -2.81. The van der Waals surface area contributed by atoms with E-state index in [0.29, 0.717) is 5.16 Å². The first-order valence-electron chi connectivity index (χ1n) is 9.05. The minimum Gasteiger partial charge on any atom is -0.369 e. The molecule has 1 aliphatic heterocycles. The van der Waals surface area contributed by atoms with Crippen LogP contribution in [0.4, 0.5) is 14.5 Å². The summed E-state index contributed by atoms with van der Waals surface area (Å²) < 4.78 is 27.1. The normalized spacial score (nSPS) is 15.9. The van der Waals surface area contributed by atoms with E-state index in [-0.39, 0.29) is 11.1 Å². The first-order chi connectivity index (χ1) is 12.9. The smallest absolute Gasteiger partial charge is 0.270 e.